The van der Waals surface area contributed by atoms with Gasteiger partial charge in [0.2, 0.25) is 0 Å². The average molecular weight is 283 g/mol. The molecule has 0 bridgehead atoms. The Labute approximate surface area is 125 Å². The van der Waals surface area contributed by atoms with Crippen molar-refractivity contribution in [3.05, 3.63) is 42.0 Å². The van der Waals surface area contributed by atoms with Crippen LogP contribution >= 0.6 is 0 Å². The number of fused-ring (bicyclic) bond motifs is 1. The van der Waals surface area contributed by atoms with Crippen molar-refractivity contribution >= 4 is 16.7 Å². The standard InChI is InChI=1S/C18H21NO2/c1-12-5-4-7-14(12)11-19-18(21)16-10-9-13-6-2-3-8-15(13)17(16)20/h2-3,6,8-10,12,14,20H,4-5,7,11H2,1H3,(H,19,21). The summed E-state index contributed by atoms with van der Waals surface area (Å²) in [6.07, 6.45) is 3.69. The number of hydrogen-bond donors (Lipinski definition) is 2. The Bertz CT molecular complexity index is 665. The van der Waals surface area contributed by atoms with Gasteiger partial charge >= 0.3 is 0 Å². The van der Waals surface area contributed by atoms with Crippen LogP contribution in [-0.4, -0.2) is 17.6 Å². The number of aromatic hydroxyl groups is 1. The van der Waals surface area contributed by atoms with Crippen LogP contribution in [0.5, 0.6) is 5.75 Å². The van der Waals surface area contributed by atoms with Gasteiger partial charge in [-0.25, -0.2) is 0 Å². The van der Waals surface area contributed by atoms with Crippen LogP contribution in [0.2, 0.25) is 0 Å². The molecular formula is C18H21NO2. The lowest BCUT2D eigenvalue weighted by Gasteiger charge is -2.16. The lowest BCUT2D eigenvalue weighted by molar-refractivity contribution is 0.0942. The van der Waals surface area contributed by atoms with Gasteiger partial charge in [0, 0.05) is 11.9 Å². The van der Waals surface area contributed by atoms with Crippen LogP contribution in [0.1, 0.15) is 36.5 Å². The average Bonchev–Trinajstić information content (AvgIpc) is 2.91. The zero-order valence-electron chi connectivity index (χ0n) is 12.3. The number of benzene rings is 2. The molecule has 2 atom stereocenters. The third-order valence-electron chi connectivity index (χ3n) is 4.71. The SMILES string of the molecule is CC1CCCC1CNC(=O)c1ccc2ccccc2c1O. The highest BCUT2D eigenvalue weighted by Crippen LogP contribution is 2.31. The van der Waals surface area contributed by atoms with Crippen molar-refractivity contribution in [1.29, 1.82) is 0 Å². The molecule has 3 nitrogen and oxygen atoms in total. The van der Waals surface area contributed by atoms with E-state index < -0.39 is 0 Å². The quantitative estimate of drug-likeness (QED) is 0.902. The topological polar surface area (TPSA) is 49.3 Å². The molecule has 2 unspecified atom stereocenters. The molecule has 3 heteroatoms. The van der Waals surface area contributed by atoms with E-state index in [-0.39, 0.29) is 11.7 Å². The van der Waals surface area contributed by atoms with E-state index in [0.29, 0.717) is 23.9 Å². The van der Waals surface area contributed by atoms with Gasteiger partial charge in [0.15, 0.2) is 0 Å². The highest BCUT2D eigenvalue weighted by atomic mass is 16.3. The molecule has 0 heterocycles. The molecule has 0 aromatic heterocycles. The van der Waals surface area contributed by atoms with Crippen LogP contribution in [-0.2, 0) is 0 Å². The van der Waals surface area contributed by atoms with Gasteiger partial charge in [0.1, 0.15) is 5.75 Å². The molecular weight excluding hydrogens is 262 g/mol. The third kappa shape index (κ3) is 2.73. The van der Waals surface area contributed by atoms with Crippen molar-refractivity contribution in [2.24, 2.45) is 11.8 Å². The second-order valence-corrected chi connectivity index (χ2v) is 6.06. The first kappa shape index (κ1) is 13.9. The highest BCUT2D eigenvalue weighted by Gasteiger charge is 2.24. The van der Waals surface area contributed by atoms with E-state index in [1.54, 1.807) is 6.07 Å². The van der Waals surface area contributed by atoms with Crippen LogP contribution < -0.4 is 5.32 Å². The van der Waals surface area contributed by atoms with Crippen LogP contribution in [0.15, 0.2) is 36.4 Å². The Morgan fingerprint density at radius 1 is 1.24 bits per heavy atom. The maximum absolute atomic E-state index is 12.3. The zero-order chi connectivity index (χ0) is 14.8. The fourth-order valence-corrected chi connectivity index (χ4v) is 3.28. The summed E-state index contributed by atoms with van der Waals surface area (Å²) in [7, 11) is 0. The maximum atomic E-state index is 12.3. The van der Waals surface area contributed by atoms with Crippen LogP contribution in [0.3, 0.4) is 0 Å². The Morgan fingerprint density at radius 2 is 2.05 bits per heavy atom. The van der Waals surface area contributed by atoms with Gasteiger partial charge < -0.3 is 10.4 Å². The predicted octanol–water partition coefficient (Wildman–Crippen LogP) is 3.71. The Balaban J connectivity index is 1.77. The number of hydrogen-bond acceptors (Lipinski definition) is 2. The van der Waals surface area contributed by atoms with E-state index in [2.05, 4.69) is 12.2 Å². The smallest absolute Gasteiger partial charge is 0.255 e. The van der Waals surface area contributed by atoms with Crippen molar-refractivity contribution < 1.29 is 9.90 Å². The largest absolute Gasteiger partial charge is 0.506 e. The van der Waals surface area contributed by atoms with Crippen molar-refractivity contribution in [3.63, 3.8) is 0 Å². The molecule has 1 saturated carbocycles. The zero-order valence-corrected chi connectivity index (χ0v) is 12.3. The van der Waals surface area contributed by atoms with Crippen LogP contribution in [0, 0.1) is 11.8 Å². The van der Waals surface area contributed by atoms with Crippen molar-refractivity contribution in [2.45, 2.75) is 26.2 Å². The summed E-state index contributed by atoms with van der Waals surface area (Å²) in [6.45, 7) is 2.95. The molecule has 2 aromatic carbocycles. The van der Waals surface area contributed by atoms with Gasteiger partial charge in [-0.15, -0.1) is 0 Å². The molecule has 2 N–H and O–H groups in total. The van der Waals surface area contributed by atoms with Gasteiger partial charge in [-0.2, -0.15) is 0 Å². The molecule has 3 rings (SSSR count). The molecule has 110 valence electrons. The van der Waals surface area contributed by atoms with E-state index in [4.69, 9.17) is 0 Å². The molecule has 0 radical (unpaired) electrons. The summed E-state index contributed by atoms with van der Waals surface area (Å²) in [4.78, 5) is 12.3. The van der Waals surface area contributed by atoms with Gasteiger partial charge in [0.05, 0.1) is 5.56 Å². The number of phenolic OH excluding ortho intramolecular Hbond substituents is 1. The minimum absolute atomic E-state index is 0.0741. The molecule has 0 aliphatic heterocycles. The first-order valence-corrected chi connectivity index (χ1v) is 7.65. The van der Waals surface area contributed by atoms with Crippen molar-refractivity contribution in [2.75, 3.05) is 6.54 Å². The first-order chi connectivity index (χ1) is 10.2. The Morgan fingerprint density at radius 3 is 2.81 bits per heavy atom. The van der Waals surface area contributed by atoms with E-state index in [9.17, 15) is 9.90 Å². The lowest BCUT2D eigenvalue weighted by atomic mass is 9.98. The van der Waals surface area contributed by atoms with Crippen LogP contribution in [0.4, 0.5) is 0 Å². The fourth-order valence-electron chi connectivity index (χ4n) is 3.28. The molecule has 1 aliphatic rings. The lowest BCUT2D eigenvalue weighted by Crippen LogP contribution is -2.30. The number of phenols is 1. The monoisotopic (exact) mass is 283 g/mol. The van der Waals surface area contributed by atoms with Crippen LogP contribution in [0.25, 0.3) is 10.8 Å². The molecule has 0 spiro atoms. The normalized spacial score (nSPS) is 21.6. The summed E-state index contributed by atoms with van der Waals surface area (Å²) < 4.78 is 0. The molecule has 2 aromatic rings. The third-order valence-corrected chi connectivity index (χ3v) is 4.71. The molecule has 1 fully saturated rings. The first-order valence-electron chi connectivity index (χ1n) is 7.65. The molecule has 1 aliphatic carbocycles. The summed E-state index contributed by atoms with van der Waals surface area (Å²) in [5, 5.41) is 14.9. The summed E-state index contributed by atoms with van der Waals surface area (Å²) in [5.41, 5.74) is 0.361. The van der Waals surface area contributed by atoms with Gasteiger partial charge in [0.25, 0.3) is 5.91 Å². The number of rotatable bonds is 3. The number of amides is 1. The van der Waals surface area contributed by atoms with E-state index in [1.165, 1.54) is 19.3 Å². The van der Waals surface area contributed by atoms with Gasteiger partial charge in [-0.1, -0.05) is 50.1 Å². The second kappa shape index (κ2) is 5.76. The highest BCUT2D eigenvalue weighted by molar-refractivity contribution is 6.03. The fraction of sp³-hybridized carbons (Fsp3) is 0.389. The maximum Gasteiger partial charge on any atom is 0.255 e. The summed E-state index contributed by atoms with van der Waals surface area (Å²) in [5.74, 6) is 1.13. The van der Waals surface area contributed by atoms with Gasteiger partial charge in [-0.05, 0) is 29.7 Å². The van der Waals surface area contributed by atoms with Crippen molar-refractivity contribution in [3.8, 4) is 5.75 Å². The number of carbonyl (C=O) groups is 1. The number of nitrogens with one attached hydrogen (secondary N) is 1. The predicted molar refractivity (Wildman–Crippen MR) is 84.5 cm³/mol. The Kier molecular flexibility index (Phi) is 3.82. The summed E-state index contributed by atoms with van der Waals surface area (Å²) in [6, 6.07) is 11.1. The number of carbonyl (C=O) groups excluding carboxylic acids is 1. The minimum atomic E-state index is -0.183. The van der Waals surface area contributed by atoms with Gasteiger partial charge in [-0.3, -0.25) is 4.79 Å². The second-order valence-electron chi connectivity index (χ2n) is 6.06. The minimum Gasteiger partial charge on any atom is -0.506 e. The van der Waals surface area contributed by atoms with E-state index >= 15 is 0 Å². The van der Waals surface area contributed by atoms with E-state index in [0.717, 1.165) is 10.8 Å². The Hall–Kier alpha value is -2.03. The molecule has 21 heavy (non-hydrogen) atoms. The molecule has 1 amide bonds. The van der Waals surface area contributed by atoms with E-state index in [1.807, 2.05) is 30.3 Å². The molecule has 0 saturated heterocycles. The van der Waals surface area contributed by atoms with Crippen molar-refractivity contribution in [1.82, 2.24) is 5.32 Å². The summed E-state index contributed by atoms with van der Waals surface area (Å²) >= 11 is 0.